The van der Waals surface area contributed by atoms with Gasteiger partial charge in [0.1, 0.15) is 22.9 Å². The van der Waals surface area contributed by atoms with Crippen molar-refractivity contribution in [3.8, 4) is 34.6 Å². The molecule has 0 bridgehead atoms. The van der Waals surface area contributed by atoms with Gasteiger partial charge in [0.2, 0.25) is 21.6 Å². The first kappa shape index (κ1) is 23.0. The lowest BCUT2D eigenvalue weighted by molar-refractivity contribution is 0.327. The number of nitrogens with two attached hydrogens (primary N) is 1. The summed E-state index contributed by atoms with van der Waals surface area (Å²) in [4.78, 5) is 17.9. The molecule has 3 N–H and O–H groups in total. The Hall–Kier alpha value is -4.13. The predicted octanol–water partition coefficient (Wildman–Crippen LogP) is 2.25. The van der Waals surface area contributed by atoms with E-state index in [1.54, 1.807) is 41.0 Å². The third kappa shape index (κ3) is 4.37. The quantitative estimate of drug-likeness (QED) is 0.379. The third-order valence-electron chi connectivity index (χ3n) is 4.67. The predicted molar refractivity (Wildman–Crippen MR) is 127 cm³/mol. The van der Waals surface area contributed by atoms with E-state index in [1.165, 1.54) is 14.2 Å². The second kappa shape index (κ2) is 9.02. The zero-order valence-corrected chi connectivity index (χ0v) is 19.8. The smallest absolute Gasteiger partial charge is 0.231 e. The Morgan fingerprint density at radius 2 is 1.68 bits per heavy atom. The minimum atomic E-state index is -3.65. The topological polar surface area (TPSA) is 156 Å². The van der Waals surface area contributed by atoms with Gasteiger partial charge in [-0.3, -0.25) is 9.29 Å². The van der Waals surface area contributed by atoms with Gasteiger partial charge in [-0.25, -0.2) is 28.4 Å². The molecule has 0 amide bonds. The van der Waals surface area contributed by atoms with Crippen LogP contribution < -0.4 is 24.7 Å². The van der Waals surface area contributed by atoms with Crippen LogP contribution in [0.1, 0.15) is 6.92 Å². The maximum absolute atomic E-state index is 11.8. The first-order valence-corrected chi connectivity index (χ1v) is 12.0. The van der Waals surface area contributed by atoms with Crippen LogP contribution in [0.3, 0.4) is 0 Å². The van der Waals surface area contributed by atoms with Crippen LogP contribution in [-0.2, 0) is 10.0 Å². The zero-order valence-electron chi connectivity index (χ0n) is 18.9. The number of rotatable bonds is 8. The van der Waals surface area contributed by atoms with Gasteiger partial charge < -0.3 is 19.9 Å². The van der Waals surface area contributed by atoms with E-state index >= 15 is 0 Å². The molecular weight excluding hydrogens is 462 g/mol. The molecule has 12 nitrogen and oxygen atoms in total. The fraction of sp³-hybridized carbons (Fsp3) is 0.238. The number of anilines is 2. The number of hydrogen-bond donors (Lipinski definition) is 2. The summed E-state index contributed by atoms with van der Waals surface area (Å²) in [5.41, 5.74) is 7.38. The second-order valence-electron chi connectivity index (χ2n) is 7.05. The van der Waals surface area contributed by atoms with Crippen LogP contribution in [0.5, 0.6) is 17.4 Å². The number of hydrogen-bond acceptors (Lipinski definition) is 10. The SMILES string of the molecule is CCOc1cccc(-c2nc3nc(NS(C)(=O)=O)c(N)nc3n2-c2c(OC)cccc2OC)n1. The lowest BCUT2D eigenvalue weighted by Gasteiger charge is -2.16. The summed E-state index contributed by atoms with van der Waals surface area (Å²) in [6.07, 6.45) is 0.991. The van der Waals surface area contributed by atoms with Crippen molar-refractivity contribution in [1.82, 2.24) is 24.5 Å². The molecule has 0 saturated carbocycles. The van der Waals surface area contributed by atoms with Crippen LogP contribution in [0, 0.1) is 0 Å². The standard InChI is InChI=1S/C21H23N7O5S/c1-5-33-15-11-6-8-12(23-15)20-26-19-21(24-17(22)18(25-19)27-34(4,29)30)28(20)16-13(31-2)9-7-10-14(16)32-3/h6-11H,5H2,1-4H3,(H2,22,24)(H,25,27). The Kier molecular flexibility index (Phi) is 6.11. The summed E-state index contributed by atoms with van der Waals surface area (Å²) >= 11 is 0. The van der Waals surface area contributed by atoms with Gasteiger partial charge in [0.05, 0.1) is 27.1 Å². The van der Waals surface area contributed by atoms with Crippen LogP contribution >= 0.6 is 0 Å². The number of pyridine rings is 1. The zero-order chi connectivity index (χ0) is 24.5. The molecule has 4 aromatic rings. The molecule has 34 heavy (non-hydrogen) atoms. The maximum atomic E-state index is 11.8. The molecule has 0 aliphatic heterocycles. The van der Waals surface area contributed by atoms with E-state index in [0.29, 0.717) is 41.2 Å². The summed E-state index contributed by atoms with van der Waals surface area (Å²) in [6.45, 7) is 2.30. The van der Waals surface area contributed by atoms with Crippen molar-refractivity contribution in [2.45, 2.75) is 6.92 Å². The number of methoxy groups -OCH3 is 2. The first-order valence-electron chi connectivity index (χ1n) is 10.1. The number of fused-ring (bicyclic) bond motifs is 1. The highest BCUT2D eigenvalue weighted by atomic mass is 32.2. The summed E-state index contributed by atoms with van der Waals surface area (Å²) in [7, 11) is -0.591. The highest BCUT2D eigenvalue weighted by molar-refractivity contribution is 7.92. The van der Waals surface area contributed by atoms with Crippen molar-refractivity contribution in [1.29, 1.82) is 0 Å². The number of aromatic nitrogens is 5. The van der Waals surface area contributed by atoms with Gasteiger partial charge in [-0.15, -0.1) is 0 Å². The molecule has 3 aromatic heterocycles. The Bertz CT molecular complexity index is 1450. The minimum absolute atomic E-state index is 0.129. The number of ether oxygens (including phenoxy) is 3. The number of nitrogen functional groups attached to an aromatic ring is 1. The molecule has 0 radical (unpaired) electrons. The Labute approximate surface area is 195 Å². The molecule has 178 valence electrons. The van der Waals surface area contributed by atoms with E-state index in [0.717, 1.165) is 6.26 Å². The van der Waals surface area contributed by atoms with Crippen molar-refractivity contribution in [2.75, 3.05) is 37.5 Å². The second-order valence-corrected chi connectivity index (χ2v) is 8.80. The van der Waals surface area contributed by atoms with Gasteiger partial charge in [0, 0.05) is 6.07 Å². The van der Waals surface area contributed by atoms with Crippen molar-refractivity contribution in [2.24, 2.45) is 0 Å². The van der Waals surface area contributed by atoms with Crippen LogP contribution in [-0.4, -0.2) is 60.0 Å². The fourth-order valence-electron chi connectivity index (χ4n) is 3.36. The van der Waals surface area contributed by atoms with Crippen LogP contribution in [0.4, 0.5) is 11.6 Å². The Morgan fingerprint density at radius 1 is 1.00 bits per heavy atom. The summed E-state index contributed by atoms with van der Waals surface area (Å²) in [5.74, 6) is 1.43. The number of nitrogens with zero attached hydrogens (tertiary/aromatic N) is 5. The van der Waals surface area contributed by atoms with Crippen LogP contribution in [0.25, 0.3) is 28.5 Å². The molecule has 0 aliphatic carbocycles. The molecule has 0 saturated heterocycles. The molecule has 0 aliphatic rings. The van der Waals surface area contributed by atoms with Gasteiger partial charge in [0.15, 0.2) is 23.1 Å². The number of nitrogens with one attached hydrogen (secondary N) is 1. The number of imidazole rings is 1. The van der Waals surface area contributed by atoms with Crippen molar-refractivity contribution in [3.63, 3.8) is 0 Å². The average Bonchev–Trinajstić information content (AvgIpc) is 3.15. The monoisotopic (exact) mass is 485 g/mol. The van der Waals surface area contributed by atoms with Crippen LogP contribution in [0.15, 0.2) is 36.4 Å². The van der Waals surface area contributed by atoms with E-state index in [4.69, 9.17) is 19.9 Å². The van der Waals surface area contributed by atoms with Crippen molar-refractivity contribution in [3.05, 3.63) is 36.4 Å². The van der Waals surface area contributed by atoms with Crippen molar-refractivity contribution >= 4 is 33.0 Å². The Morgan fingerprint density at radius 3 is 2.29 bits per heavy atom. The molecule has 13 heteroatoms. The molecule has 0 fully saturated rings. The van der Waals surface area contributed by atoms with Crippen LogP contribution in [0.2, 0.25) is 0 Å². The number of benzene rings is 1. The molecule has 0 spiro atoms. The van der Waals surface area contributed by atoms with Gasteiger partial charge in [-0.2, -0.15) is 0 Å². The molecule has 0 atom stereocenters. The van der Waals surface area contributed by atoms with Gasteiger partial charge in [-0.05, 0) is 25.1 Å². The van der Waals surface area contributed by atoms with E-state index in [9.17, 15) is 8.42 Å². The molecule has 0 unspecified atom stereocenters. The average molecular weight is 486 g/mol. The number of sulfonamides is 1. The lowest BCUT2D eigenvalue weighted by atomic mass is 10.2. The maximum Gasteiger partial charge on any atom is 0.231 e. The van der Waals surface area contributed by atoms with Gasteiger partial charge >= 0.3 is 0 Å². The lowest BCUT2D eigenvalue weighted by Crippen LogP contribution is -2.14. The normalized spacial score (nSPS) is 11.4. The van der Waals surface area contributed by atoms with Gasteiger partial charge in [-0.1, -0.05) is 12.1 Å². The fourth-order valence-corrected chi connectivity index (χ4v) is 3.86. The highest BCUT2D eigenvalue weighted by Gasteiger charge is 2.25. The van der Waals surface area contributed by atoms with E-state index < -0.39 is 10.0 Å². The molecular formula is C21H23N7O5S. The molecule has 1 aromatic carbocycles. The summed E-state index contributed by atoms with van der Waals surface area (Å²) < 4.78 is 44.1. The van der Waals surface area contributed by atoms with Crippen molar-refractivity contribution < 1.29 is 22.6 Å². The molecule has 4 rings (SSSR count). The highest BCUT2D eigenvalue weighted by Crippen LogP contribution is 2.38. The first-order chi connectivity index (χ1) is 16.3. The number of para-hydroxylation sites is 1. The summed E-state index contributed by atoms with van der Waals surface area (Å²) in [5, 5.41) is 0. The van der Waals surface area contributed by atoms with E-state index in [1.807, 2.05) is 6.92 Å². The van der Waals surface area contributed by atoms with Gasteiger partial charge in [0.25, 0.3) is 0 Å². The molecule has 3 heterocycles. The Balaban J connectivity index is 2.08. The third-order valence-corrected chi connectivity index (χ3v) is 5.24. The largest absolute Gasteiger partial charge is 0.494 e. The minimum Gasteiger partial charge on any atom is -0.494 e. The van der Waals surface area contributed by atoms with E-state index in [2.05, 4.69) is 24.7 Å². The van der Waals surface area contributed by atoms with E-state index in [-0.39, 0.29) is 22.9 Å². The summed E-state index contributed by atoms with van der Waals surface area (Å²) in [6, 6.07) is 10.6.